The molecule has 5 heteroatoms. The van der Waals surface area contributed by atoms with Crippen molar-refractivity contribution in [3.63, 3.8) is 0 Å². The molecule has 1 aliphatic rings. The molecule has 0 spiro atoms. The van der Waals surface area contributed by atoms with Crippen molar-refractivity contribution in [2.45, 2.75) is 52.2 Å². The highest BCUT2D eigenvalue weighted by molar-refractivity contribution is 5.88. The molecule has 1 heterocycles. The van der Waals surface area contributed by atoms with Crippen molar-refractivity contribution in [1.82, 2.24) is 15.5 Å². The smallest absolute Gasteiger partial charge is 0.242 e. The minimum Gasteiger partial charge on any atom is -0.350 e. The minimum atomic E-state index is -0.377. The molecule has 5 nitrogen and oxygen atoms in total. The van der Waals surface area contributed by atoms with Crippen LogP contribution in [0.3, 0.4) is 0 Å². The first-order valence-electron chi connectivity index (χ1n) is 8.49. The fourth-order valence-electron chi connectivity index (χ4n) is 2.78. The minimum absolute atomic E-state index is 0.0304. The van der Waals surface area contributed by atoms with E-state index < -0.39 is 0 Å². The van der Waals surface area contributed by atoms with Crippen LogP contribution >= 0.6 is 0 Å². The molecule has 0 aliphatic carbocycles. The Bertz CT molecular complexity index is 524. The van der Waals surface area contributed by atoms with Crippen molar-refractivity contribution in [2.24, 2.45) is 0 Å². The molecular formula is C18H27N3O2. The molecule has 1 atom stereocenters. The van der Waals surface area contributed by atoms with Crippen LogP contribution in [0.4, 0.5) is 0 Å². The summed E-state index contributed by atoms with van der Waals surface area (Å²) in [5.41, 5.74) is 2.35. The maximum absolute atomic E-state index is 12.1. The number of hydrogen-bond acceptors (Lipinski definition) is 3. The van der Waals surface area contributed by atoms with E-state index >= 15 is 0 Å². The van der Waals surface area contributed by atoms with Crippen LogP contribution in [0.2, 0.25) is 0 Å². The summed E-state index contributed by atoms with van der Waals surface area (Å²) in [4.78, 5) is 25.8. The average Bonchev–Trinajstić information content (AvgIpc) is 2.58. The third-order valence-corrected chi connectivity index (χ3v) is 4.34. The highest BCUT2D eigenvalue weighted by Crippen LogP contribution is 2.10. The third kappa shape index (κ3) is 5.36. The van der Waals surface area contributed by atoms with Gasteiger partial charge in [-0.05, 0) is 37.1 Å². The van der Waals surface area contributed by atoms with E-state index in [4.69, 9.17) is 0 Å². The number of carbonyl (C=O) groups is 2. The molecule has 0 saturated carbocycles. The van der Waals surface area contributed by atoms with Crippen LogP contribution in [0, 0.1) is 0 Å². The monoisotopic (exact) mass is 317 g/mol. The van der Waals surface area contributed by atoms with E-state index in [0.29, 0.717) is 13.0 Å². The lowest BCUT2D eigenvalue weighted by Gasteiger charge is -2.22. The summed E-state index contributed by atoms with van der Waals surface area (Å²) in [6.45, 7) is 7.86. The van der Waals surface area contributed by atoms with Crippen molar-refractivity contribution in [2.75, 3.05) is 13.1 Å². The lowest BCUT2D eigenvalue weighted by molar-refractivity contribution is -0.131. The van der Waals surface area contributed by atoms with Crippen molar-refractivity contribution in [3.8, 4) is 0 Å². The van der Waals surface area contributed by atoms with Crippen molar-refractivity contribution < 1.29 is 9.59 Å². The van der Waals surface area contributed by atoms with Gasteiger partial charge in [0.15, 0.2) is 0 Å². The van der Waals surface area contributed by atoms with Crippen LogP contribution in [0.1, 0.15) is 44.2 Å². The van der Waals surface area contributed by atoms with Crippen LogP contribution < -0.4 is 10.6 Å². The van der Waals surface area contributed by atoms with Gasteiger partial charge in [0.2, 0.25) is 11.8 Å². The predicted molar refractivity (Wildman–Crippen MR) is 90.7 cm³/mol. The van der Waals surface area contributed by atoms with Gasteiger partial charge in [-0.3, -0.25) is 14.5 Å². The van der Waals surface area contributed by atoms with E-state index in [1.54, 1.807) is 0 Å². The zero-order chi connectivity index (χ0) is 16.7. The van der Waals surface area contributed by atoms with Gasteiger partial charge >= 0.3 is 0 Å². The molecule has 0 aromatic heterocycles. The fourth-order valence-corrected chi connectivity index (χ4v) is 2.78. The highest BCUT2D eigenvalue weighted by Gasteiger charge is 2.24. The summed E-state index contributed by atoms with van der Waals surface area (Å²) in [5, 5.41) is 5.65. The van der Waals surface area contributed by atoms with Crippen LogP contribution in [0.15, 0.2) is 24.3 Å². The van der Waals surface area contributed by atoms with E-state index in [-0.39, 0.29) is 17.9 Å². The van der Waals surface area contributed by atoms with Crippen molar-refractivity contribution in [3.05, 3.63) is 35.4 Å². The molecule has 2 N–H and O–H groups in total. The summed E-state index contributed by atoms with van der Waals surface area (Å²) >= 11 is 0. The van der Waals surface area contributed by atoms with Gasteiger partial charge in [0.1, 0.15) is 6.04 Å². The SMILES string of the molecule is CCN(CC)Cc1ccc(CNC(=O)[C@H]2CCCC(=O)N2)cc1. The summed E-state index contributed by atoms with van der Waals surface area (Å²) in [7, 11) is 0. The molecule has 0 radical (unpaired) electrons. The molecule has 126 valence electrons. The summed E-state index contributed by atoms with van der Waals surface area (Å²) < 4.78 is 0. The molecule has 1 aliphatic heterocycles. The Kier molecular flexibility index (Phi) is 6.59. The molecule has 1 saturated heterocycles. The molecule has 1 fully saturated rings. The number of piperidine rings is 1. The van der Waals surface area contributed by atoms with Gasteiger partial charge in [0, 0.05) is 19.5 Å². The summed E-state index contributed by atoms with van der Waals surface area (Å²) in [6.07, 6.45) is 2.03. The molecule has 0 bridgehead atoms. The highest BCUT2D eigenvalue weighted by atomic mass is 16.2. The second-order valence-electron chi connectivity index (χ2n) is 6.01. The Balaban J connectivity index is 1.81. The molecule has 1 aromatic rings. The summed E-state index contributed by atoms with van der Waals surface area (Å²) in [5.74, 6) is -0.123. The molecule has 0 unspecified atom stereocenters. The number of nitrogens with zero attached hydrogens (tertiary/aromatic N) is 1. The van der Waals surface area contributed by atoms with Gasteiger partial charge in [-0.15, -0.1) is 0 Å². The van der Waals surface area contributed by atoms with E-state index in [1.165, 1.54) is 5.56 Å². The predicted octanol–water partition coefficient (Wildman–Crippen LogP) is 1.81. The quantitative estimate of drug-likeness (QED) is 0.806. The van der Waals surface area contributed by atoms with Gasteiger partial charge in [0.25, 0.3) is 0 Å². The van der Waals surface area contributed by atoms with E-state index in [1.807, 2.05) is 0 Å². The van der Waals surface area contributed by atoms with Crippen molar-refractivity contribution >= 4 is 11.8 Å². The number of nitrogens with one attached hydrogen (secondary N) is 2. The molecule has 23 heavy (non-hydrogen) atoms. The number of amides is 2. The zero-order valence-electron chi connectivity index (χ0n) is 14.1. The largest absolute Gasteiger partial charge is 0.350 e. The van der Waals surface area contributed by atoms with Crippen LogP contribution in [0.5, 0.6) is 0 Å². The Morgan fingerprint density at radius 3 is 2.48 bits per heavy atom. The van der Waals surface area contributed by atoms with Crippen molar-refractivity contribution in [1.29, 1.82) is 0 Å². The van der Waals surface area contributed by atoms with E-state index in [0.717, 1.165) is 38.0 Å². The first-order chi connectivity index (χ1) is 11.1. The Labute approximate surface area is 138 Å². The second-order valence-corrected chi connectivity index (χ2v) is 6.01. The summed E-state index contributed by atoms with van der Waals surface area (Å²) in [6, 6.07) is 7.96. The molecule has 1 aromatic carbocycles. The number of rotatable bonds is 7. The fraction of sp³-hybridized carbons (Fsp3) is 0.556. The Morgan fingerprint density at radius 1 is 1.22 bits per heavy atom. The van der Waals surface area contributed by atoms with Gasteiger partial charge in [-0.25, -0.2) is 0 Å². The molecule has 2 amide bonds. The Morgan fingerprint density at radius 2 is 1.87 bits per heavy atom. The second kappa shape index (κ2) is 8.67. The van der Waals surface area contributed by atoms with Gasteiger partial charge in [-0.2, -0.15) is 0 Å². The number of hydrogen-bond donors (Lipinski definition) is 2. The first-order valence-corrected chi connectivity index (χ1v) is 8.49. The number of carbonyl (C=O) groups excluding carboxylic acids is 2. The van der Waals surface area contributed by atoms with Crippen LogP contribution in [0.25, 0.3) is 0 Å². The van der Waals surface area contributed by atoms with Gasteiger partial charge < -0.3 is 10.6 Å². The molecular weight excluding hydrogens is 290 g/mol. The maximum atomic E-state index is 12.1. The zero-order valence-corrected chi connectivity index (χ0v) is 14.1. The van der Waals surface area contributed by atoms with Gasteiger partial charge in [0.05, 0.1) is 0 Å². The maximum Gasteiger partial charge on any atom is 0.242 e. The Hall–Kier alpha value is -1.88. The normalized spacial score (nSPS) is 17.9. The van der Waals surface area contributed by atoms with Gasteiger partial charge in [-0.1, -0.05) is 38.1 Å². The topological polar surface area (TPSA) is 61.4 Å². The van der Waals surface area contributed by atoms with E-state index in [9.17, 15) is 9.59 Å². The first kappa shape index (κ1) is 17.5. The standard InChI is InChI=1S/C18H27N3O2/c1-3-21(4-2)13-15-10-8-14(9-11-15)12-19-18(23)16-6-5-7-17(22)20-16/h8-11,16H,3-7,12-13H2,1-2H3,(H,19,23)(H,20,22)/t16-/m1/s1. The van der Waals surface area contributed by atoms with E-state index in [2.05, 4.69) is 53.6 Å². The number of benzene rings is 1. The third-order valence-electron chi connectivity index (χ3n) is 4.34. The van der Waals surface area contributed by atoms with Crippen LogP contribution in [-0.2, 0) is 22.7 Å². The average molecular weight is 317 g/mol. The van der Waals surface area contributed by atoms with Crippen LogP contribution in [-0.4, -0.2) is 35.8 Å². The molecule has 2 rings (SSSR count). The lowest BCUT2D eigenvalue weighted by Crippen LogP contribution is -2.48. The lowest BCUT2D eigenvalue weighted by atomic mass is 10.0.